The van der Waals surface area contributed by atoms with Crippen molar-refractivity contribution in [1.29, 1.82) is 0 Å². The zero-order valence-electron chi connectivity index (χ0n) is 10.4. The summed E-state index contributed by atoms with van der Waals surface area (Å²) in [6, 6.07) is -0.683. The van der Waals surface area contributed by atoms with Gasteiger partial charge in [-0.15, -0.1) is 0 Å². The highest BCUT2D eigenvalue weighted by Gasteiger charge is 2.19. The van der Waals surface area contributed by atoms with Gasteiger partial charge in [0.05, 0.1) is 18.7 Å². The van der Waals surface area contributed by atoms with Crippen LogP contribution in [0.25, 0.3) is 0 Å². The molecule has 6 nitrogen and oxygen atoms in total. The van der Waals surface area contributed by atoms with E-state index in [2.05, 4.69) is 15.3 Å². The summed E-state index contributed by atoms with van der Waals surface area (Å²) in [5.41, 5.74) is 0.491. The van der Waals surface area contributed by atoms with E-state index in [1.807, 2.05) is 20.8 Å². The third-order valence-corrected chi connectivity index (χ3v) is 2.11. The SMILES string of the molecule is CC(C)(C)OCNC(Cc1cnc[nH]1)C(=O)O. The van der Waals surface area contributed by atoms with Crippen molar-refractivity contribution in [2.45, 2.75) is 38.8 Å². The molecule has 0 amide bonds. The predicted octanol–water partition coefficient (Wildman–Crippen LogP) is 0.768. The number of aromatic amines is 1. The smallest absolute Gasteiger partial charge is 0.321 e. The number of carbonyl (C=O) groups is 1. The summed E-state index contributed by atoms with van der Waals surface area (Å²) < 4.78 is 5.43. The van der Waals surface area contributed by atoms with Gasteiger partial charge < -0.3 is 14.8 Å². The summed E-state index contributed by atoms with van der Waals surface area (Å²) in [5.74, 6) is -0.905. The van der Waals surface area contributed by atoms with Crippen LogP contribution in [-0.2, 0) is 16.0 Å². The molecule has 0 aliphatic heterocycles. The topological polar surface area (TPSA) is 87.2 Å². The summed E-state index contributed by atoms with van der Waals surface area (Å²) in [6.45, 7) is 5.95. The normalized spacial score (nSPS) is 13.6. The molecule has 0 bridgehead atoms. The molecule has 1 heterocycles. The number of carboxylic acids is 1. The third-order valence-electron chi connectivity index (χ3n) is 2.11. The molecule has 1 rings (SSSR count). The molecule has 0 radical (unpaired) electrons. The molecule has 1 atom stereocenters. The predicted molar refractivity (Wildman–Crippen MR) is 62.6 cm³/mol. The van der Waals surface area contributed by atoms with Gasteiger partial charge in [-0.05, 0) is 20.8 Å². The van der Waals surface area contributed by atoms with Crippen LogP contribution in [0.4, 0.5) is 0 Å². The van der Waals surface area contributed by atoms with E-state index in [0.717, 1.165) is 5.69 Å². The van der Waals surface area contributed by atoms with Crippen LogP contribution in [0.5, 0.6) is 0 Å². The maximum Gasteiger partial charge on any atom is 0.321 e. The maximum atomic E-state index is 11.0. The maximum absolute atomic E-state index is 11.0. The highest BCUT2D eigenvalue weighted by atomic mass is 16.5. The Morgan fingerprint density at radius 3 is 2.82 bits per heavy atom. The molecule has 96 valence electrons. The van der Waals surface area contributed by atoms with E-state index in [-0.39, 0.29) is 12.3 Å². The summed E-state index contributed by atoms with van der Waals surface area (Å²) in [4.78, 5) is 17.7. The minimum Gasteiger partial charge on any atom is -0.480 e. The van der Waals surface area contributed by atoms with Crippen LogP contribution < -0.4 is 5.32 Å². The highest BCUT2D eigenvalue weighted by molar-refractivity contribution is 5.73. The fourth-order valence-corrected chi connectivity index (χ4v) is 1.22. The lowest BCUT2D eigenvalue weighted by Gasteiger charge is -2.21. The Morgan fingerprint density at radius 2 is 2.35 bits per heavy atom. The third kappa shape index (κ3) is 5.46. The number of aliphatic carboxylic acids is 1. The van der Waals surface area contributed by atoms with Gasteiger partial charge in [0.1, 0.15) is 6.04 Å². The van der Waals surface area contributed by atoms with Gasteiger partial charge >= 0.3 is 5.97 Å². The van der Waals surface area contributed by atoms with Crippen LogP contribution in [0.1, 0.15) is 26.5 Å². The van der Waals surface area contributed by atoms with Crippen LogP contribution in [-0.4, -0.2) is 39.4 Å². The monoisotopic (exact) mass is 241 g/mol. The molecule has 6 heteroatoms. The zero-order valence-corrected chi connectivity index (χ0v) is 10.4. The second-order valence-corrected chi connectivity index (χ2v) is 4.78. The standard InChI is InChI=1S/C11H19N3O3/c1-11(2,3)17-7-14-9(10(15)16)4-8-5-12-6-13-8/h5-6,9,14H,4,7H2,1-3H3,(H,12,13)(H,15,16). The molecule has 0 saturated heterocycles. The molecule has 0 aromatic carbocycles. The number of carboxylic acid groups (broad SMARTS) is 1. The zero-order chi connectivity index (χ0) is 12.9. The Kier molecular flexibility index (Phi) is 4.65. The van der Waals surface area contributed by atoms with Crippen LogP contribution >= 0.6 is 0 Å². The van der Waals surface area contributed by atoms with Gasteiger partial charge in [-0.25, -0.2) is 4.98 Å². The highest BCUT2D eigenvalue weighted by Crippen LogP contribution is 2.05. The lowest BCUT2D eigenvalue weighted by atomic mass is 10.1. The quantitative estimate of drug-likeness (QED) is 0.640. The van der Waals surface area contributed by atoms with Gasteiger partial charge in [0.25, 0.3) is 0 Å². The van der Waals surface area contributed by atoms with Gasteiger partial charge in [-0.1, -0.05) is 0 Å². The fraction of sp³-hybridized carbons (Fsp3) is 0.636. The van der Waals surface area contributed by atoms with Crippen LogP contribution in [0.2, 0.25) is 0 Å². The van der Waals surface area contributed by atoms with E-state index < -0.39 is 12.0 Å². The molecule has 0 aliphatic carbocycles. The molecule has 0 aliphatic rings. The van der Waals surface area contributed by atoms with Crippen molar-refractivity contribution in [1.82, 2.24) is 15.3 Å². The first-order valence-corrected chi connectivity index (χ1v) is 5.46. The van der Waals surface area contributed by atoms with E-state index in [0.29, 0.717) is 6.42 Å². The van der Waals surface area contributed by atoms with Crippen LogP contribution in [0, 0.1) is 0 Å². The molecule has 1 aromatic heterocycles. The Labute approximate surface area is 100 Å². The number of imidazole rings is 1. The molecule has 0 saturated carbocycles. The number of rotatable bonds is 6. The molecule has 0 fully saturated rings. The minimum absolute atomic E-state index is 0.203. The molecule has 1 aromatic rings. The second-order valence-electron chi connectivity index (χ2n) is 4.78. The number of nitrogens with one attached hydrogen (secondary N) is 2. The van der Waals surface area contributed by atoms with Crippen LogP contribution in [0.15, 0.2) is 12.5 Å². The summed E-state index contributed by atoms with van der Waals surface area (Å²) in [6.07, 6.45) is 3.49. The van der Waals surface area contributed by atoms with Gasteiger partial charge in [-0.2, -0.15) is 0 Å². The van der Waals surface area contributed by atoms with Crippen LogP contribution in [0.3, 0.4) is 0 Å². The van der Waals surface area contributed by atoms with Crippen molar-refractivity contribution < 1.29 is 14.6 Å². The number of H-pyrrole nitrogens is 1. The second kappa shape index (κ2) is 5.79. The summed E-state index contributed by atoms with van der Waals surface area (Å²) in [7, 11) is 0. The van der Waals surface area contributed by atoms with E-state index in [1.54, 1.807) is 6.20 Å². The molecule has 0 spiro atoms. The largest absolute Gasteiger partial charge is 0.480 e. The first-order chi connectivity index (χ1) is 7.88. The number of nitrogens with zero attached hydrogens (tertiary/aromatic N) is 1. The number of aromatic nitrogens is 2. The number of ether oxygens (including phenoxy) is 1. The van der Waals surface area contributed by atoms with Crippen molar-refractivity contribution in [3.63, 3.8) is 0 Å². The lowest BCUT2D eigenvalue weighted by Crippen LogP contribution is -2.41. The van der Waals surface area contributed by atoms with Crippen molar-refractivity contribution in [3.05, 3.63) is 18.2 Å². The molecule has 17 heavy (non-hydrogen) atoms. The Hall–Kier alpha value is -1.40. The van der Waals surface area contributed by atoms with Crippen molar-refractivity contribution in [2.75, 3.05) is 6.73 Å². The van der Waals surface area contributed by atoms with Gasteiger partial charge in [-0.3, -0.25) is 10.1 Å². The average molecular weight is 241 g/mol. The van der Waals surface area contributed by atoms with Crippen molar-refractivity contribution >= 4 is 5.97 Å². The Balaban J connectivity index is 2.42. The van der Waals surface area contributed by atoms with E-state index >= 15 is 0 Å². The van der Waals surface area contributed by atoms with Gasteiger partial charge in [0, 0.05) is 18.3 Å². The lowest BCUT2D eigenvalue weighted by molar-refractivity contribution is -0.140. The molecular formula is C11H19N3O3. The number of hydrogen-bond acceptors (Lipinski definition) is 4. The molecular weight excluding hydrogens is 222 g/mol. The fourth-order valence-electron chi connectivity index (χ4n) is 1.22. The van der Waals surface area contributed by atoms with E-state index in [1.165, 1.54) is 6.33 Å². The van der Waals surface area contributed by atoms with Gasteiger partial charge in [0.2, 0.25) is 0 Å². The number of hydrogen-bond donors (Lipinski definition) is 3. The first kappa shape index (κ1) is 13.7. The minimum atomic E-state index is -0.905. The summed E-state index contributed by atoms with van der Waals surface area (Å²) in [5, 5.41) is 11.9. The Morgan fingerprint density at radius 1 is 1.65 bits per heavy atom. The van der Waals surface area contributed by atoms with E-state index in [9.17, 15) is 4.79 Å². The van der Waals surface area contributed by atoms with Gasteiger partial charge in [0.15, 0.2) is 0 Å². The average Bonchev–Trinajstić information content (AvgIpc) is 2.66. The molecule has 3 N–H and O–H groups in total. The van der Waals surface area contributed by atoms with E-state index in [4.69, 9.17) is 9.84 Å². The first-order valence-electron chi connectivity index (χ1n) is 5.46. The molecule has 1 unspecified atom stereocenters. The Bertz CT molecular complexity index is 343. The van der Waals surface area contributed by atoms with Crippen molar-refractivity contribution in [3.8, 4) is 0 Å². The van der Waals surface area contributed by atoms with Crippen molar-refractivity contribution in [2.24, 2.45) is 0 Å². The summed E-state index contributed by atoms with van der Waals surface area (Å²) >= 11 is 0.